The lowest BCUT2D eigenvalue weighted by atomic mass is 10.4. The molecule has 5 nitrogen and oxygen atoms in total. The number of allylic oxidation sites excluding steroid dienone is 1. The van der Waals surface area contributed by atoms with E-state index in [-0.39, 0.29) is 0 Å². The molecule has 0 heterocycles. The molecule has 0 aliphatic carbocycles. The number of aliphatic carboxylic acids is 1. The van der Waals surface area contributed by atoms with Gasteiger partial charge in [0.1, 0.15) is 6.26 Å². The second-order valence-electron chi connectivity index (χ2n) is 2.05. The van der Waals surface area contributed by atoms with Gasteiger partial charge in [-0.3, -0.25) is 4.79 Å². The zero-order valence-electron chi connectivity index (χ0n) is 6.25. The number of hydroxylamine groups is 1. The standard InChI is InChI=1S/C6H9NO4/c1-4(2)3-11-7-5(8)6(9)10/h3H,1-2H3,(H,7,8)(H,9,10). The van der Waals surface area contributed by atoms with E-state index in [1.807, 2.05) is 0 Å². The summed E-state index contributed by atoms with van der Waals surface area (Å²) in [5.41, 5.74) is 2.51. The molecule has 0 aliphatic heterocycles. The van der Waals surface area contributed by atoms with Crippen LogP contribution in [0.25, 0.3) is 0 Å². The quantitative estimate of drug-likeness (QED) is 0.339. The van der Waals surface area contributed by atoms with Gasteiger partial charge < -0.3 is 9.94 Å². The summed E-state index contributed by atoms with van der Waals surface area (Å²) in [7, 11) is 0. The molecule has 0 atom stereocenters. The molecule has 0 fully saturated rings. The smallest absolute Gasteiger partial charge is 0.397 e. The van der Waals surface area contributed by atoms with E-state index in [2.05, 4.69) is 4.84 Å². The molecule has 1 amide bonds. The van der Waals surface area contributed by atoms with Crippen LogP contribution in [0.5, 0.6) is 0 Å². The fourth-order valence-corrected chi connectivity index (χ4v) is 0.244. The van der Waals surface area contributed by atoms with E-state index in [0.29, 0.717) is 0 Å². The molecule has 11 heavy (non-hydrogen) atoms. The Morgan fingerprint density at radius 2 is 2.00 bits per heavy atom. The third-order valence-corrected chi connectivity index (χ3v) is 0.640. The molecule has 0 spiro atoms. The van der Waals surface area contributed by atoms with Gasteiger partial charge in [-0.2, -0.15) is 5.48 Å². The highest BCUT2D eigenvalue weighted by molar-refractivity contribution is 6.31. The Labute approximate surface area is 63.6 Å². The molecule has 5 heteroatoms. The van der Waals surface area contributed by atoms with Gasteiger partial charge in [0.15, 0.2) is 0 Å². The third kappa shape index (κ3) is 4.95. The normalized spacial score (nSPS) is 8.18. The van der Waals surface area contributed by atoms with Crippen molar-refractivity contribution in [1.82, 2.24) is 5.48 Å². The molecular formula is C6H9NO4. The van der Waals surface area contributed by atoms with Gasteiger partial charge >= 0.3 is 11.9 Å². The van der Waals surface area contributed by atoms with E-state index in [9.17, 15) is 9.59 Å². The molecule has 0 aromatic heterocycles. The van der Waals surface area contributed by atoms with Crippen molar-refractivity contribution in [1.29, 1.82) is 0 Å². The van der Waals surface area contributed by atoms with Gasteiger partial charge in [0, 0.05) is 0 Å². The zero-order valence-corrected chi connectivity index (χ0v) is 6.25. The average molecular weight is 159 g/mol. The largest absolute Gasteiger partial charge is 0.474 e. The lowest BCUT2D eigenvalue weighted by molar-refractivity contribution is -0.154. The van der Waals surface area contributed by atoms with E-state index in [0.717, 1.165) is 5.57 Å². The summed E-state index contributed by atoms with van der Waals surface area (Å²) in [6.45, 7) is 3.49. The summed E-state index contributed by atoms with van der Waals surface area (Å²) < 4.78 is 0. The number of carboxylic acids is 1. The third-order valence-electron chi connectivity index (χ3n) is 0.640. The monoisotopic (exact) mass is 159 g/mol. The number of rotatable bonds is 2. The fourth-order valence-electron chi connectivity index (χ4n) is 0.244. The van der Waals surface area contributed by atoms with Crippen molar-refractivity contribution >= 4 is 11.9 Å². The maximum absolute atomic E-state index is 10.3. The van der Waals surface area contributed by atoms with Crippen molar-refractivity contribution < 1.29 is 19.5 Å². The Bertz CT molecular complexity index is 193. The minimum Gasteiger partial charge on any atom is -0.474 e. The summed E-state index contributed by atoms with van der Waals surface area (Å²) in [6.07, 6.45) is 1.24. The molecule has 2 N–H and O–H groups in total. The first-order chi connectivity index (χ1) is 5.04. The van der Waals surface area contributed by atoms with Crippen molar-refractivity contribution in [3.05, 3.63) is 11.8 Å². The molecule has 0 radical (unpaired) electrons. The Morgan fingerprint density at radius 3 is 2.36 bits per heavy atom. The predicted octanol–water partition coefficient (Wildman–Crippen LogP) is 0.0425. The zero-order chi connectivity index (χ0) is 8.85. The van der Waals surface area contributed by atoms with Crippen molar-refractivity contribution in [2.45, 2.75) is 13.8 Å². The van der Waals surface area contributed by atoms with Crippen LogP contribution in [0.2, 0.25) is 0 Å². The van der Waals surface area contributed by atoms with Crippen molar-refractivity contribution in [2.24, 2.45) is 0 Å². The molecule has 0 saturated carbocycles. The number of hydrogen-bond acceptors (Lipinski definition) is 3. The number of carboxylic acid groups (broad SMARTS) is 1. The van der Waals surface area contributed by atoms with Gasteiger partial charge in [-0.25, -0.2) is 4.79 Å². The number of carbonyl (C=O) groups excluding carboxylic acids is 1. The second-order valence-corrected chi connectivity index (χ2v) is 2.05. The summed E-state index contributed by atoms with van der Waals surface area (Å²) in [5.74, 6) is -2.77. The first-order valence-corrected chi connectivity index (χ1v) is 2.86. The minimum atomic E-state index is -1.58. The summed E-state index contributed by atoms with van der Waals surface area (Å²) in [4.78, 5) is 24.5. The van der Waals surface area contributed by atoms with E-state index >= 15 is 0 Å². The summed E-state index contributed by atoms with van der Waals surface area (Å²) in [5, 5.41) is 8.03. The Morgan fingerprint density at radius 1 is 1.45 bits per heavy atom. The van der Waals surface area contributed by atoms with E-state index < -0.39 is 11.9 Å². The first kappa shape index (κ1) is 9.48. The van der Waals surface area contributed by atoms with Gasteiger partial charge in [-0.1, -0.05) is 0 Å². The van der Waals surface area contributed by atoms with Crippen LogP contribution < -0.4 is 5.48 Å². The van der Waals surface area contributed by atoms with E-state index in [4.69, 9.17) is 5.11 Å². The SMILES string of the molecule is CC(C)=CONC(=O)C(=O)O. The molecule has 0 unspecified atom stereocenters. The Kier molecular flexibility index (Phi) is 3.72. The molecule has 62 valence electrons. The molecule has 0 saturated heterocycles. The van der Waals surface area contributed by atoms with Gasteiger partial charge in [0.2, 0.25) is 0 Å². The van der Waals surface area contributed by atoms with Crippen molar-refractivity contribution in [3.8, 4) is 0 Å². The highest BCUT2D eigenvalue weighted by atomic mass is 16.6. The number of hydrogen-bond donors (Lipinski definition) is 2. The molecule has 0 aromatic rings. The van der Waals surface area contributed by atoms with Crippen LogP contribution in [0.4, 0.5) is 0 Å². The molecule has 0 aromatic carbocycles. The second kappa shape index (κ2) is 4.32. The van der Waals surface area contributed by atoms with Crippen LogP contribution in [0, 0.1) is 0 Å². The van der Waals surface area contributed by atoms with Gasteiger partial charge in [0.05, 0.1) is 0 Å². The fraction of sp³-hybridized carbons (Fsp3) is 0.333. The first-order valence-electron chi connectivity index (χ1n) is 2.86. The highest BCUT2D eigenvalue weighted by Crippen LogP contribution is 1.86. The predicted molar refractivity (Wildman–Crippen MR) is 36.3 cm³/mol. The van der Waals surface area contributed by atoms with Gasteiger partial charge in [-0.15, -0.1) is 0 Å². The average Bonchev–Trinajstić information content (AvgIpc) is 1.86. The lowest BCUT2D eigenvalue weighted by Crippen LogP contribution is -2.29. The molecule has 0 aliphatic rings. The van der Waals surface area contributed by atoms with Crippen LogP contribution in [0.3, 0.4) is 0 Å². The highest BCUT2D eigenvalue weighted by Gasteiger charge is 2.09. The van der Waals surface area contributed by atoms with Gasteiger partial charge in [0.25, 0.3) is 0 Å². The van der Waals surface area contributed by atoms with Crippen molar-refractivity contribution in [2.75, 3.05) is 0 Å². The van der Waals surface area contributed by atoms with Crippen LogP contribution in [-0.2, 0) is 14.4 Å². The van der Waals surface area contributed by atoms with Gasteiger partial charge in [-0.05, 0) is 19.4 Å². The lowest BCUT2D eigenvalue weighted by Gasteiger charge is -1.98. The summed E-state index contributed by atoms with van der Waals surface area (Å²) >= 11 is 0. The Hall–Kier alpha value is -1.52. The molecular weight excluding hydrogens is 150 g/mol. The number of amides is 1. The van der Waals surface area contributed by atoms with Crippen LogP contribution in [-0.4, -0.2) is 17.0 Å². The Balaban J connectivity index is 3.64. The van der Waals surface area contributed by atoms with E-state index in [1.165, 1.54) is 6.26 Å². The molecule has 0 rings (SSSR count). The van der Waals surface area contributed by atoms with Crippen LogP contribution in [0.1, 0.15) is 13.8 Å². The van der Waals surface area contributed by atoms with Crippen molar-refractivity contribution in [3.63, 3.8) is 0 Å². The maximum atomic E-state index is 10.3. The minimum absolute atomic E-state index is 0.815. The number of nitrogens with one attached hydrogen (secondary N) is 1. The van der Waals surface area contributed by atoms with E-state index in [1.54, 1.807) is 19.3 Å². The van der Waals surface area contributed by atoms with Crippen LogP contribution in [0.15, 0.2) is 11.8 Å². The summed E-state index contributed by atoms with van der Waals surface area (Å²) in [6, 6.07) is 0. The maximum Gasteiger partial charge on any atom is 0.397 e. The molecule has 0 bridgehead atoms. The van der Waals surface area contributed by atoms with Crippen LogP contribution >= 0.6 is 0 Å². The number of carbonyl (C=O) groups is 2. The topological polar surface area (TPSA) is 75.6 Å².